The van der Waals surface area contributed by atoms with E-state index in [2.05, 4.69) is 34.8 Å². The van der Waals surface area contributed by atoms with Crippen molar-refractivity contribution in [2.45, 2.75) is 19.3 Å². The number of nitrogens with one attached hydrogen (secondary N) is 1. The van der Waals surface area contributed by atoms with Crippen LogP contribution in [-0.4, -0.2) is 49.6 Å². The highest BCUT2D eigenvalue weighted by Crippen LogP contribution is 2.49. The number of imidazole rings is 1. The predicted octanol–water partition coefficient (Wildman–Crippen LogP) is 1.97. The molecule has 8 nitrogen and oxygen atoms in total. The predicted molar refractivity (Wildman–Crippen MR) is 91.2 cm³/mol. The molecule has 5 rings (SSSR count). The quantitative estimate of drug-likeness (QED) is 0.765. The van der Waals surface area contributed by atoms with E-state index in [1.807, 2.05) is 0 Å². The van der Waals surface area contributed by atoms with E-state index in [0.717, 1.165) is 43.2 Å². The van der Waals surface area contributed by atoms with Gasteiger partial charge in [-0.1, -0.05) is 6.42 Å². The van der Waals surface area contributed by atoms with Crippen molar-refractivity contribution in [3.8, 4) is 6.01 Å². The second kappa shape index (κ2) is 5.86. The van der Waals surface area contributed by atoms with Crippen molar-refractivity contribution in [3.63, 3.8) is 0 Å². The number of hydrogen-bond donors (Lipinski definition) is 1. The minimum atomic E-state index is -0.464. The summed E-state index contributed by atoms with van der Waals surface area (Å²) in [4.78, 5) is 26.1. The van der Waals surface area contributed by atoms with Gasteiger partial charge in [0.2, 0.25) is 0 Å². The van der Waals surface area contributed by atoms with Crippen LogP contribution in [-0.2, 0) is 0 Å². The Bertz CT molecular complexity index is 930. The first-order valence-corrected chi connectivity index (χ1v) is 8.73. The number of H-pyrrole nitrogens is 1. The third-order valence-corrected chi connectivity index (χ3v) is 5.63. The SMILES string of the molecule is Fc1cnc(OCC23CCCC2CN(c2ncnc4nc[nH]c24)C3)nc1. The summed E-state index contributed by atoms with van der Waals surface area (Å²) in [6.07, 6.45) is 8.90. The van der Waals surface area contributed by atoms with Crippen molar-refractivity contribution in [1.82, 2.24) is 29.9 Å². The number of fused-ring (bicyclic) bond motifs is 2. The van der Waals surface area contributed by atoms with Gasteiger partial charge in [-0.05, 0) is 18.8 Å². The molecule has 26 heavy (non-hydrogen) atoms. The minimum absolute atomic E-state index is 0.0367. The van der Waals surface area contributed by atoms with Gasteiger partial charge in [-0.3, -0.25) is 0 Å². The zero-order valence-corrected chi connectivity index (χ0v) is 14.1. The Hall–Kier alpha value is -2.84. The minimum Gasteiger partial charge on any atom is -0.463 e. The molecule has 1 N–H and O–H groups in total. The Balaban J connectivity index is 1.38. The molecule has 0 bridgehead atoms. The highest BCUT2D eigenvalue weighted by Gasteiger charge is 2.50. The highest BCUT2D eigenvalue weighted by molar-refractivity contribution is 5.82. The van der Waals surface area contributed by atoms with Crippen LogP contribution in [0, 0.1) is 17.2 Å². The second-order valence-corrected chi connectivity index (χ2v) is 7.10. The molecule has 2 aliphatic rings. The van der Waals surface area contributed by atoms with E-state index in [-0.39, 0.29) is 11.4 Å². The third-order valence-electron chi connectivity index (χ3n) is 5.63. The summed E-state index contributed by atoms with van der Waals surface area (Å²) in [5.74, 6) is 0.948. The second-order valence-electron chi connectivity index (χ2n) is 7.10. The van der Waals surface area contributed by atoms with Crippen molar-refractivity contribution in [2.24, 2.45) is 11.3 Å². The van der Waals surface area contributed by atoms with Gasteiger partial charge in [0.1, 0.15) is 11.8 Å². The first-order valence-electron chi connectivity index (χ1n) is 8.73. The number of aromatic amines is 1. The summed E-state index contributed by atoms with van der Waals surface area (Å²) in [6, 6.07) is 0.225. The summed E-state index contributed by atoms with van der Waals surface area (Å²) >= 11 is 0. The van der Waals surface area contributed by atoms with Gasteiger partial charge in [-0.15, -0.1) is 0 Å². The van der Waals surface area contributed by atoms with Gasteiger partial charge in [-0.2, -0.15) is 0 Å². The molecule has 3 aromatic heterocycles. The lowest BCUT2D eigenvalue weighted by Gasteiger charge is -2.28. The molecule has 1 saturated heterocycles. The van der Waals surface area contributed by atoms with Crippen LogP contribution in [0.25, 0.3) is 11.2 Å². The number of rotatable bonds is 4. The van der Waals surface area contributed by atoms with Crippen molar-refractivity contribution >= 4 is 17.0 Å². The Morgan fingerprint density at radius 2 is 2.12 bits per heavy atom. The Labute approximate surface area is 148 Å². The molecule has 9 heteroatoms. The molecule has 3 aromatic rings. The molecule has 2 unspecified atom stereocenters. The van der Waals surface area contributed by atoms with Crippen LogP contribution in [0.5, 0.6) is 6.01 Å². The lowest BCUT2D eigenvalue weighted by atomic mass is 9.82. The molecule has 0 aromatic carbocycles. The number of ether oxygens (including phenoxy) is 1. The van der Waals surface area contributed by atoms with Gasteiger partial charge in [0.25, 0.3) is 0 Å². The lowest BCUT2D eigenvalue weighted by Crippen LogP contribution is -2.34. The Morgan fingerprint density at radius 3 is 3.00 bits per heavy atom. The van der Waals surface area contributed by atoms with Gasteiger partial charge >= 0.3 is 6.01 Å². The summed E-state index contributed by atoms with van der Waals surface area (Å²) < 4.78 is 18.8. The van der Waals surface area contributed by atoms with Crippen LogP contribution in [0.4, 0.5) is 10.2 Å². The topological polar surface area (TPSA) is 92.7 Å². The van der Waals surface area contributed by atoms with Crippen LogP contribution in [0.1, 0.15) is 19.3 Å². The molecular weight excluding hydrogens is 337 g/mol. The molecule has 1 aliphatic carbocycles. The molecule has 0 spiro atoms. The van der Waals surface area contributed by atoms with E-state index in [0.29, 0.717) is 18.2 Å². The van der Waals surface area contributed by atoms with Crippen LogP contribution in [0.15, 0.2) is 25.0 Å². The number of anilines is 1. The highest BCUT2D eigenvalue weighted by atomic mass is 19.1. The summed E-state index contributed by atoms with van der Waals surface area (Å²) in [7, 11) is 0. The van der Waals surface area contributed by atoms with Gasteiger partial charge in [0, 0.05) is 18.5 Å². The Morgan fingerprint density at radius 1 is 1.23 bits per heavy atom. The number of halogens is 1. The lowest BCUT2D eigenvalue weighted by molar-refractivity contribution is 0.129. The van der Waals surface area contributed by atoms with E-state index in [1.54, 1.807) is 12.7 Å². The molecule has 0 amide bonds. The fourth-order valence-electron chi connectivity index (χ4n) is 4.39. The molecule has 2 fully saturated rings. The zero-order chi connectivity index (χ0) is 17.6. The maximum atomic E-state index is 13.0. The van der Waals surface area contributed by atoms with Crippen molar-refractivity contribution in [2.75, 3.05) is 24.6 Å². The summed E-state index contributed by atoms with van der Waals surface area (Å²) in [5, 5.41) is 0. The van der Waals surface area contributed by atoms with Gasteiger partial charge < -0.3 is 14.6 Å². The molecule has 2 atom stereocenters. The normalized spacial score (nSPS) is 25.0. The number of hydrogen-bond acceptors (Lipinski definition) is 7. The largest absolute Gasteiger partial charge is 0.463 e. The summed E-state index contributed by atoms with van der Waals surface area (Å²) in [5.41, 5.74) is 1.58. The van der Waals surface area contributed by atoms with Crippen LogP contribution < -0.4 is 9.64 Å². The number of aromatic nitrogens is 6. The van der Waals surface area contributed by atoms with E-state index in [1.165, 1.54) is 12.8 Å². The van der Waals surface area contributed by atoms with Crippen LogP contribution in [0.3, 0.4) is 0 Å². The van der Waals surface area contributed by atoms with Crippen molar-refractivity contribution in [1.29, 1.82) is 0 Å². The van der Waals surface area contributed by atoms with Crippen molar-refractivity contribution < 1.29 is 9.13 Å². The molecular formula is C17H18FN7O. The average Bonchev–Trinajstić information content (AvgIpc) is 3.34. The first-order chi connectivity index (χ1) is 12.7. The Kier molecular flexibility index (Phi) is 3.47. The smallest absolute Gasteiger partial charge is 0.316 e. The first kappa shape index (κ1) is 15.4. The number of nitrogens with zero attached hydrogens (tertiary/aromatic N) is 6. The van der Waals surface area contributed by atoms with Crippen LogP contribution >= 0.6 is 0 Å². The van der Waals surface area contributed by atoms with Gasteiger partial charge in [0.05, 0.1) is 25.3 Å². The van der Waals surface area contributed by atoms with Crippen LogP contribution in [0.2, 0.25) is 0 Å². The third kappa shape index (κ3) is 2.46. The van der Waals surface area contributed by atoms with E-state index in [9.17, 15) is 4.39 Å². The maximum Gasteiger partial charge on any atom is 0.316 e. The molecule has 4 heterocycles. The van der Waals surface area contributed by atoms with E-state index < -0.39 is 5.82 Å². The molecule has 1 saturated carbocycles. The molecule has 134 valence electrons. The fraction of sp³-hybridized carbons (Fsp3) is 0.471. The standard InChI is InChI=1S/C17H18FN7O/c18-12-4-19-16(20-5-12)26-8-17-3-1-2-11(17)6-25(7-17)15-13-14(22-9-21-13)23-10-24-15/h4-5,9-11H,1-3,6-8H2,(H,21,22,23,24). The van der Waals surface area contributed by atoms with Crippen molar-refractivity contribution in [3.05, 3.63) is 30.9 Å². The maximum absolute atomic E-state index is 13.0. The fourth-order valence-corrected chi connectivity index (χ4v) is 4.39. The molecule has 1 aliphatic heterocycles. The zero-order valence-electron chi connectivity index (χ0n) is 14.1. The summed E-state index contributed by atoms with van der Waals surface area (Å²) in [6.45, 7) is 2.31. The van der Waals surface area contributed by atoms with E-state index >= 15 is 0 Å². The molecule has 0 radical (unpaired) electrons. The van der Waals surface area contributed by atoms with Gasteiger partial charge in [-0.25, -0.2) is 29.3 Å². The van der Waals surface area contributed by atoms with E-state index in [4.69, 9.17) is 4.74 Å². The average molecular weight is 355 g/mol. The van der Waals surface area contributed by atoms with Gasteiger partial charge in [0.15, 0.2) is 17.3 Å². The monoisotopic (exact) mass is 355 g/mol.